The Hall–Kier alpha value is -2.61. The Morgan fingerprint density at radius 2 is 2.06 bits per heavy atom. The van der Waals surface area contributed by atoms with E-state index >= 15 is 0 Å². The average molecular weight is 451 g/mol. The SMILES string of the molecule is O=C(NCCN1CCC2(CC1)C(O)NC[C@@H]2c1ccc(F)cc1)c1cnc2c(c1)C=CCC2. The van der Waals surface area contributed by atoms with E-state index in [4.69, 9.17) is 0 Å². The number of fused-ring (bicyclic) bond motifs is 1. The van der Waals surface area contributed by atoms with Gasteiger partial charge in [0.15, 0.2) is 0 Å². The zero-order valence-electron chi connectivity index (χ0n) is 18.8. The van der Waals surface area contributed by atoms with E-state index < -0.39 is 6.23 Å². The molecule has 3 aliphatic rings. The van der Waals surface area contributed by atoms with Gasteiger partial charge in [0, 0.05) is 42.9 Å². The highest BCUT2D eigenvalue weighted by atomic mass is 19.1. The van der Waals surface area contributed by atoms with Crippen LogP contribution in [0.3, 0.4) is 0 Å². The number of aryl methyl sites for hydroxylation is 1. The molecule has 6 nitrogen and oxygen atoms in total. The molecular weight excluding hydrogens is 419 g/mol. The molecule has 5 rings (SSSR count). The molecule has 0 saturated carbocycles. The molecule has 0 bridgehead atoms. The number of aliphatic hydroxyl groups excluding tert-OH is 1. The lowest BCUT2D eigenvalue weighted by Crippen LogP contribution is -2.49. The molecule has 2 aromatic rings. The molecule has 33 heavy (non-hydrogen) atoms. The highest BCUT2D eigenvalue weighted by Crippen LogP contribution is 2.49. The summed E-state index contributed by atoms with van der Waals surface area (Å²) in [5.41, 5.74) is 3.53. The lowest BCUT2D eigenvalue weighted by molar-refractivity contribution is -0.0191. The first-order valence-corrected chi connectivity index (χ1v) is 11.9. The number of halogens is 1. The van der Waals surface area contributed by atoms with E-state index in [2.05, 4.69) is 26.6 Å². The number of pyridine rings is 1. The molecule has 1 amide bonds. The summed E-state index contributed by atoms with van der Waals surface area (Å²) < 4.78 is 13.4. The normalized spacial score (nSPS) is 24.1. The Bertz CT molecular complexity index is 1030. The number of benzene rings is 1. The second kappa shape index (κ2) is 9.33. The first-order chi connectivity index (χ1) is 16.0. The number of piperidine rings is 1. The molecule has 1 spiro atoms. The van der Waals surface area contributed by atoms with Gasteiger partial charge in [-0.2, -0.15) is 0 Å². The maximum absolute atomic E-state index is 13.4. The maximum atomic E-state index is 13.4. The smallest absolute Gasteiger partial charge is 0.252 e. The number of hydrogen-bond donors (Lipinski definition) is 3. The summed E-state index contributed by atoms with van der Waals surface area (Å²) in [7, 11) is 0. The number of aromatic nitrogens is 1. The number of carbonyl (C=O) groups excluding carboxylic acids is 1. The molecule has 0 radical (unpaired) electrons. The Morgan fingerprint density at radius 1 is 1.27 bits per heavy atom. The third-order valence-corrected chi connectivity index (χ3v) is 7.64. The highest BCUT2D eigenvalue weighted by molar-refractivity contribution is 5.94. The fourth-order valence-corrected chi connectivity index (χ4v) is 5.63. The summed E-state index contributed by atoms with van der Waals surface area (Å²) in [5.74, 6) is -0.163. The molecule has 1 aromatic carbocycles. The van der Waals surface area contributed by atoms with Crippen LogP contribution in [-0.4, -0.2) is 59.8 Å². The van der Waals surface area contributed by atoms with E-state index in [9.17, 15) is 14.3 Å². The molecular formula is C26H31FN4O2. The second-order valence-electron chi connectivity index (χ2n) is 9.45. The summed E-state index contributed by atoms with van der Waals surface area (Å²) in [4.78, 5) is 19.4. The summed E-state index contributed by atoms with van der Waals surface area (Å²) in [6, 6.07) is 8.60. The van der Waals surface area contributed by atoms with Gasteiger partial charge in [-0.1, -0.05) is 24.3 Å². The predicted octanol–water partition coefficient (Wildman–Crippen LogP) is 2.70. The van der Waals surface area contributed by atoms with Gasteiger partial charge in [-0.05, 0) is 68.1 Å². The van der Waals surface area contributed by atoms with Gasteiger partial charge in [-0.25, -0.2) is 4.39 Å². The van der Waals surface area contributed by atoms with Crippen molar-refractivity contribution in [1.29, 1.82) is 0 Å². The summed E-state index contributed by atoms with van der Waals surface area (Å²) in [6.07, 6.45) is 8.92. The minimum Gasteiger partial charge on any atom is -0.378 e. The van der Waals surface area contributed by atoms with Crippen LogP contribution in [0.25, 0.3) is 6.08 Å². The molecule has 3 N–H and O–H groups in total. The first-order valence-electron chi connectivity index (χ1n) is 11.9. The number of amides is 1. The van der Waals surface area contributed by atoms with E-state index in [1.165, 1.54) is 12.1 Å². The molecule has 1 aromatic heterocycles. The Kier molecular flexibility index (Phi) is 6.27. The monoisotopic (exact) mass is 450 g/mol. The topological polar surface area (TPSA) is 77.5 Å². The zero-order chi connectivity index (χ0) is 22.8. The molecule has 2 aliphatic heterocycles. The summed E-state index contributed by atoms with van der Waals surface area (Å²) >= 11 is 0. The van der Waals surface area contributed by atoms with Crippen molar-refractivity contribution in [3.63, 3.8) is 0 Å². The highest BCUT2D eigenvalue weighted by Gasteiger charge is 2.51. The van der Waals surface area contributed by atoms with Crippen molar-refractivity contribution in [3.8, 4) is 0 Å². The van der Waals surface area contributed by atoms with E-state index in [1.807, 2.05) is 24.3 Å². The summed E-state index contributed by atoms with van der Waals surface area (Å²) in [5, 5.41) is 17.0. The molecule has 174 valence electrons. The maximum Gasteiger partial charge on any atom is 0.252 e. The largest absolute Gasteiger partial charge is 0.378 e. The van der Waals surface area contributed by atoms with E-state index in [-0.39, 0.29) is 23.1 Å². The molecule has 1 unspecified atom stereocenters. The number of rotatable bonds is 5. The predicted molar refractivity (Wildman–Crippen MR) is 125 cm³/mol. The van der Waals surface area contributed by atoms with Crippen LogP contribution in [0, 0.1) is 11.2 Å². The fourth-order valence-electron chi connectivity index (χ4n) is 5.63. The van der Waals surface area contributed by atoms with Crippen LogP contribution in [0.5, 0.6) is 0 Å². The van der Waals surface area contributed by atoms with Crippen molar-refractivity contribution in [2.45, 2.75) is 37.8 Å². The number of hydrogen-bond acceptors (Lipinski definition) is 5. The van der Waals surface area contributed by atoms with Gasteiger partial charge in [0.05, 0.1) is 5.56 Å². The van der Waals surface area contributed by atoms with Gasteiger partial charge in [-0.3, -0.25) is 15.1 Å². The lowest BCUT2D eigenvalue weighted by Gasteiger charge is -2.44. The Labute approximate surface area is 193 Å². The van der Waals surface area contributed by atoms with Crippen molar-refractivity contribution < 1.29 is 14.3 Å². The van der Waals surface area contributed by atoms with Gasteiger partial charge < -0.3 is 15.3 Å². The number of nitrogens with zero attached hydrogens (tertiary/aromatic N) is 2. The Morgan fingerprint density at radius 3 is 2.85 bits per heavy atom. The minimum atomic E-state index is -0.556. The number of likely N-dealkylation sites (tertiary alicyclic amines) is 1. The van der Waals surface area contributed by atoms with Crippen LogP contribution < -0.4 is 10.6 Å². The van der Waals surface area contributed by atoms with Crippen LogP contribution in [0.15, 0.2) is 42.6 Å². The number of carbonyl (C=O) groups is 1. The third-order valence-electron chi connectivity index (χ3n) is 7.64. The van der Waals surface area contributed by atoms with E-state index in [1.54, 1.807) is 6.20 Å². The molecule has 2 fully saturated rings. The van der Waals surface area contributed by atoms with Gasteiger partial charge in [0.2, 0.25) is 0 Å². The number of allylic oxidation sites excluding steroid dienone is 1. The standard InChI is InChI=1S/C26H31FN4O2/c27-21-7-5-18(6-8-21)22-17-30-25(33)26(22)9-12-31(13-10-26)14-11-28-24(32)20-15-19-3-1-2-4-23(19)29-16-20/h1,3,5-8,15-16,22,25,30,33H,2,4,9-14,17H2,(H,28,32)/t22-,25?/m1/s1. The third kappa shape index (κ3) is 4.45. The van der Waals surface area contributed by atoms with Crippen LogP contribution in [0.4, 0.5) is 4.39 Å². The van der Waals surface area contributed by atoms with Gasteiger partial charge in [0.1, 0.15) is 12.0 Å². The first kappa shape index (κ1) is 22.2. The van der Waals surface area contributed by atoms with Crippen LogP contribution in [0.1, 0.15) is 52.4 Å². The van der Waals surface area contributed by atoms with E-state index in [0.717, 1.165) is 62.1 Å². The van der Waals surface area contributed by atoms with Crippen molar-refractivity contribution in [1.82, 2.24) is 20.5 Å². The molecule has 1 aliphatic carbocycles. The van der Waals surface area contributed by atoms with Crippen LogP contribution in [0.2, 0.25) is 0 Å². The van der Waals surface area contributed by atoms with Crippen molar-refractivity contribution in [2.24, 2.45) is 5.41 Å². The number of nitrogens with one attached hydrogen (secondary N) is 2. The van der Waals surface area contributed by atoms with E-state index in [0.29, 0.717) is 18.7 Å². The van der Waals surface area contributed by atoms with Crippen LogP contribution in [-0.2, 0) is 6.42 Å². The fraction of sp³-hybridized carbons (Fsp3) is 0.462. The Balaban J connectivity index is 1.14. The van der Waals surface area contributed by atoms with Crippen LogP contribution >= 0.6 is 0 Å². The number of aliphatic hydroxyl groups is 1. The quantitative estimate of drug-likeness (QED) is 0.653. The van der Waals surface area contributed by atoms with Gasteiger partial charge in [-0.15, -0.1) is 0 Å². The molecule has 2 atom stereocenters. The average Bonchev–Trinajstić information content (AvgIpc) is 3.16. The van der Waals surface area contributed by atoms with Gasteiger partial charge in [0.25, 0.3) is 5.91 Å². The van der Waals surface area contributed by atoms with Gasteiger partial charge >= 0.3 is 0 Å². The van der Waals surface area contributed by atoms with Crippen molar-refractivity contribution in [3.05, 3.63) is 70.8 Å². The molecule has 3 heterocycles. The molecule has 2 saturated heterocycles. The minimum absolute atomic E-state index is 0.0930. The van der Waals surface area contributed by atoms with Crippen molar-refractivity contribution >= 4 is 12.0 Å². The molecule has 7 heteroatoms. The second-order valence-corrected chi connectivity index (χ2v) is 9.45. The summed E-state index contributed by atoms with van der Waals surface area (Å²) in [6.45, 7) is 3.76. The van der Waals surface area contributed by atoms with Crippen molar-refractivity contribution in [2.75, 3.05) is 32.7 Å². The lowest BCUT2D eigenvalue weighted by atomic mass is 9.67. The zero-order valence-corrected chi connectivity index (χ0v) is 18.8.